The molecule has 4 N–H and O–H groups in total. The Morgan fingerprint density at radius 3 is 2.69 bits per heavy atom. The first-order valence-electron chi connectivity index (χ1n) is 4.15. The van der Waals surface area contributed by atoms with Gasteiger partial charge in [-0.3, -0.25) is 0 Å². The fourth-order valence-electron chi connectivity index (χ4n) is 0.866. The Hall–Kier alpha value is -1.43. The van der Waals surface area contributed by atoms with Crippen LogP contribution in [0.3, 0.4) is 0 Å². The lowest BCUT2D eigenvalue weighted by atomic mass is 10.5. The molecule has 0 unspecified atom stereocenters. The molecule has 0 spiro atoms. The van der Waals surface area contributed by atoms with Crippen molar-refractivity contribution >= 4 is 11.9 Å². The van der Waals surface area contributed by atoms with Gasteiger partial charge in [-0.25, -0.2) is 0 Å². The molecule has 0 radical (unpaired) electrons. The van der Waals surface area contributed by atoms with Crippen molar-refractivity contribution in [1.29, 1.82) is 0 Å². The number of nitrogen functional groups attached to an aromatic ring is 1. The smallest absolute Gasteiger partial charge is 0.227 e. The lowest BCUT2D eigenvalue weighted by Gasteiger charge is -2.03. The van der Waals surface area contributed by atoms with E-state index < -0.39 is 0 Å². The summed E-state index contributed by atoms with van der Waals surface area (Å²) in [4.78, 5) is 12.0. The van der Waals surface area contributed by atoms with Gasteiger partial charge in [0.1, 0.15) is 5.82 Å². The molecule has 0 amide bonds. The van der Waals surface area contributed by atoms with E-state index in [1.807, 2.05) is 6.92 Å². The highest BCUT2D eigenvalue weighted by Crippen LogP contribution is 2.00. The largest absolute Gasteiger partial charge is 0.368 e. The Kier molecular flexibility index (Phi) is 3.39. The zero-order valence-electron chi connectivity index (χ0n) is 7.83. The number of nitrogens with two attached hydrogens (primary N) is 1. The molecule has 0 aliphatic heterocycles. The summed E-state index contributed by atoms with van der Waals surface area (Å²) in [5.41, 5.74) is 5.48. The second-order valence-corrected chi connectivity index (χ2v) is 2.46. The average molecular weight is 182 g/mol. The van der Waals surface area contributed by atoms with Gasteiger partial charge in [0.2, 0.25) is 11.9 Å². The van der Waals surface area contributed by atoms with Crippen LogP contribution >= 0.6 is 0 Å². The molecule has 6 heteroatoms. The Bertz CT molecular complexity index is 274. The van der Waals surface area contributed by atoms with Gasteiger partial charge in [0, 0.05) is 7.05 Å². The van der Waals surface area contributed by atoms with Crippen LogP contribution in [0.25, 0.3) is 0 Å². The summed E-state index contributed by atoms with van der Waals surface area (Å²) in [5.74, 6) is 1.39. The van der Waals surface area contributed by atoms with Crippen LogP contribution in [-0.4, -0.2) is 28.5 Å². The van der Waals surface area contributed by atoms with Crippen LogP contribution in [0.1, 0.15) is 12.7 Å². The van der Waals surface area contributed by atoms with Crippen molar-refractivity contribution in [2.24, 2.45) is 0 Å². The lowest BCUT2D eigenvalue weighted by Crippen LogP contribution is -2.16. The van der Waals surface area contributed by atoms with Gasteiger partial charge in [-0.1, -0.05) is 6.92 Å². The molecule has 0 saturated carbocycles. The third-order valence-corrected chi connectivity index (χ3v) is 1.46. The van der Waals surface area contributed by atoms with Gasteiger partial charge >= 0.3 is 0 Å². The van der Waals surface area contributed by atoms with Crippen molar-refractivity contribution in [3.8, 4) is 0 Å². The normalized spacial score (nSPS) is 10.0. The van der Waals surface area contributed by atoms with Crippen LogP contribution in [0.5, 0.6) is 0 Å². The summed E-state index contributed by atoms with van der Waals surface area (Å²) < 4.78 is 0. The fourth-order valence-corrected chi connectivity index (χ4v) is 0.866. The molecule has 0 aromatic carbocycles. The standard InChI is InChI=1S/C7H14N6/c1-3-10-4-5-11-6(8)13-7(9-2)12-5/h10H,3-4H2,1-2H3,(H3,8,9,11,12,13). The summed E-state index contributed by atoms with van der Waals surface area (Å²) in [6, 6.07) is 0. The van der Waals surface area contributed by atoms with Crippen LogP contribution < -0.4 is 16.4 Å². The second kappa shape index (κ2) is 4.56. The van der Waals surface area contributed by atoms with Gasteiger partial charge < -0.3 is 16.4 Å². The van der Waals surface area contributed by atoms with Crippen molar-refractivity contribution in [1.82, 2.24) is 20.3 Å². The lowest BCUT2D eigenvalue weighted by molar-refractivity contribution is 0.688. The van der Waals surface area contributed by atoms with Crippen LogP contribution in [-0.2, 0) is 6.54 Å². The second-order valence-electron chi connectivity index (χ2n) is 2.46. The first-order chi connectivity index (χ1) is 6.26. The minimum Gasteiger partial charge on any atom is -0.368 e. The van der Waals surface area contributed by atoms with Gasteiger partial charge in [0.05, 0.1) is 6.54 Å². The molecule has 1 heterocycles. The van der Waals surface area contributed by atoms with Crippen molar-refractivity contribution < 1.29 is 0 Å². The molecular formula is C7H14N6. The molecule has 72 valence electrons. The van der Waals surface area contributed by atoms with Crippen molar-refractivity contribution in [2.45, 2.75) is 13.5 Å². The SMILES string of the molecule is CCNCc1nc(N)nc(NC)n1. The van der Waals surface area contributed by atoms with E-state index in [1.165, 1.54) is 0 Å². The van der Waals surface area contributed by atoms with E-state index in [1.54, 1.807) is 7.05 Å². The number of rotatable bonds is 4. The van der Waals surface area contributed by atoms with Crippen molar-refractivity contribution in [3.63, 3.8) is 0 Å². The first-order valence-corrected chi connectivity index (χ1v) is 4.15. The minimum absolute atomic E-state index is 0.243. The Labute approximate surface area is 77.0 Å². The van der Waals surface area contributed by atoms with E-state index in [9.17, 15) is 0 Å². The molecule has 1 aromatic heterocycles. The van der Waals surface area contributed by atoms with Crippen molar-refractivity contribution in [3.05, 3.63) is 5.82 Å². The zero-order valence-corrected chi connectivity index (χ0v) is 7.83. The molecule has 0 aliphatic rings. The molecule has 0 bridgehead atoms. The Morgan fingerprint density at radius 2 is 2.08 bits per heavy atom. The molecule has 1 aromatic rings. The molecular weight excluding hydrogens is 168 g/mol. The van der Waals surface area contributed by atoms with E-state index >= 15 is 0 Å². The summed E-state index contributed by atoms with van der Waals surface area (Å²) in [6.45, 7) is 3.50. The monoisotopic (exact) mass is 182 g/mol. The number of aromatic nitrogens is 3. The zero-order chi connectivity index (χ0) is 9.68. The molecule has 0 saturated heterocycles. The van der Waals surface area contributed by atoms with Gasteiger partial charge in [-0.2, -0.15) is 15.0 Å². The maximum Gasteiger partial charge on any atom is 0.227 e. The van der Waals surface area contributed by atoms with E-state index in [0.717, 1.165) is 6.54 Å². The maximum absolute atomic E-state index is 5.48. The quantitative estimate of drug-likeness (QED) is 0.587. The summed E-state index contributed by atoms with van der Waals surface area (Å²) in [5, 5.41) is 5.92. The number of hydrogen-bond acceptors (Lipinski definition) is 6. The summed E-state index contributed by atoms with van der Waals surface area (Å²) >= 11 is 0. The van der Waals surface area contributed by atoms with E-state index in [0.29, 0.717) is 18.3 Å². The topological polar surface area (TPSA) is 88.8 Å². The third kappa shape index (κ3) is 2.83. The highest BCUT2D eigenvalue weighted by molar-refractivity contribution is 5.29. The predicted octanol–water partition coefficient (Wildman–Crippen LogP) is -0.395. The Balaban J connectivity index is 2.76. The molecule has 0 atom stereocenters. The molecule has 6 nitrogen and oxygen atoms in total. The highest BCUT2D eigenvalue weighted by Gasteiger charge is 2.01. The molecule has 0 fully saturated rings. The van der Waals surface area contributed by atoms with Gasteiger partial charge in [-0.15, -0.1) is 0 Å². The first kappa shape index (κ1) is 9.66. The predicted molar refractivity (Wildman–Crippen MR) is 51.2 cm³/mol. The van der Waals surface area contributed by atoms with Crippen LogP contribution in [0, 0.1) is 0 Å². The van der Waals surface area contributed by atoms with Crippen LogP contribution in [0.4, 0.5) is 11.9 Å². The van der Waals surface area contributed by atoms with Crippen LogP contribution in [0.15, 0.2) is 0 Å². The fraction of sp³-hybridized carbons (Fsp3) is 0.571. The number of nitrogens with one attached hydrogen (secondary N) is 2. The van der Waals surface area contributed by atoms with Crippen LogP contribution in [0.2, 0.25) is 0 Å². The van der Waals surface area contributed by atoms with Gasteiger partial charge in [0.25, 0.3) is 0 Å². The molecule has 13 heavy (non-hydrogen) atoms. The number of nitrogens with zero attached hydrogens (tertiary/aromatic N) is 3. The number of anilines is 2. The Morgan fingerprint density at radius 1 is 1.31 bits per heavy atom. The third-order valence-electron chi connectivity index (χ3n) is 1.46. The van der Waals surface area contributed by atoms with Gasteiger partial charge in [0.15, 0.2) is 0 Å². The maximum atomic E-state index is 5.48. The number of hydrogen-bond donors (Lipinski definition) is 3. The van der Waals surface area contributed by atoms with E-state index in [-0.39, 0.29) is 5.95 Å². The van der Waals surface area contributed by atoms with E-state index in [2.05, 4.69) is 25.6 Å². The summed E-state index contributed by atoms with van der Waals surface area (Å²) in [6.07, 6.45) is 0. The average Bonchev–Trinajstić information content (AvgIpc) is 2.14. The van der Waals surface area contributed by atoms with E-state index in [4.69, 9.17) is 5.73 Å². The minimum atomic E-state index is 0.243. The summed E-state index contributed by atoms with van der Waals surface area (Å²) in [7, 11) is 1.74. The highest BCUT2D eigenvalue weighted by atomic mass is 15.2. The molecule has 1 rings (SSSR count). The van der Waals surface area contributed by atoms with Crippen molar-refractivity contribution in [2.75, 3.05) is 24.6 Å². The van der Waals surface area contributed by atoms with Gasteiger partial charge in [-0.05, 0) is 6.54 Å². The molecule has 0 aliphatic carbocycles.